The smallest absolute Gasteiger partial charge is 0.295 e. The number of aromatic nitrogens is 2. The van der Waals surface area contributed by atoms with E-state index in [4.69, 9.17) is 4.74 Å². The SMILES string of the molecule is O=C1C(=O)N(Cc2ccncc2)C(c2ccncc2)/C1=C(/O)c1ccc2c(c1)CCO2. The van der Waals surface area contributed by atoms with Crippen LogP contribution in [0.25, 0.3) is 5.76 Å². The standard InChI is InChI=1S/C24H19N3O4/c28-22(18-1-2-19-17(13-18)7-12-31-19)20-21(16-5-10-26-11-6-16)27(24(30)23(20)29)14-15-3-8-25-9-4-15/h1-6,8-11,13,21,28H,7,12,14H2/b22-20-. The second-order valence-corrected chi connectivity index (χ2v) is 7.48. The van der Waals surface area contributed by atoms with E-state index in [0.717, 1.165) is 23.3 Å². The number of aliphatic hydroxyl groups is 1. The number of carbonyl (C=O) groups is 2. The van der Waals surface area contributed by atoms with Gasteiger partial charge in [0.25, 0.3) is 11.7 Å². The van der Waals surface area contributed by atoms with Gasteiger partial charge in [-0.15, -0.1) is 0 Å². The van der Waals surface area contributed by atoms with Crippen LogP contribution in [0.15, 0.2) is 72.8 Å². The fourth-order valence-corrected chi connectivity index (χ4v) is 4.11. The zero-order chi connectivity index (χ0) is 21.4. The maximum atomic E-state index is 13.1. The van der Waals surface area contributed by atoms with Gasteiger partial charge in [-0.05, 0) is 59.2 Å². The summed E-state index contributed by atoms with van der Waals surface area (Å²) >= 11 is 0. The third-order valence-corrected chi connectivity index (χ3v) is 5.63. The molecule has 154 valence electrons. The molecule has 31 heavy (non-hydrogen) atoms. The average molecular weight is 413 g/mol. The number of Topliss-reactive ketones (excluding diaryl/α,β-unsaturated/α-hetero) is 1. The number of likely N-dealkylation sites (tertiary alicyclic amines) is 1. The number of aliphatic hydroxyl groups excluding tert-OH is 1. The number of rotatable bonds is 4. The quantitative estimate of drug-likeness (QED) is 0.402. The van der Waals surface area contributed by atoms with Gasteiger partial charge < -0.3 is 14.7 Å². The fraction of sp³-hybridized carbons (Fsp3) is 0.167. The highest BCUT2D eigenvalue weighted by Gasteiger charge is 2.46. The van der Waals surface area contributed by atoms with Crippen molar-refractivity contribution in [2.75, 3.05) is 6.61 Å². The maximum absolute atomic E-state index is 13.1. The van der Waals surface area contributed by atoms with Crippen LogP contribution < -0.4 is 4.74 Å². The first-order valence-electron chi connectivity index (χ1n) is 9.97. The molecule has 7 heteroatoms. The molecule has 0 aliphatic carbocycles. The summed E-state index contributed by atoms with van der Waals surface area (Å²) in [4.78, 5) is 35.6. The number of amides is 1. The minimum absolute atomic E-state index is 0.0733. The van der Waals surface area contributed by atoms with Gasteiger partial charge in [-0.2, -0.15) is 0 Å². The van der Waals surface area contributed by atoms with Crippen molar-refractivity contribution in [3.63, 3.8) is 0 Å². The highest BCUT2D eigenvalue weighted by Crippen LogP contribution is 2.40. The lowest BCUT2D eigenvalue weighted by Crippen LogP contribution is -2.29. The molecule has 1 fully saturated rings. The van der Waals surface area contributed by atoms with E-state index in [9.17, 15) is 14.7 Å². The molecule has 0 radical (unpaired) electrons. The number of ether oxygens (including phenoxy) is 1. The first kappa shape index (κ1) is 19.0. The molecule has 4 heterocycles. The second-order valence-electron chi connectivity index (χ2n) is 7.48. The molecule has 5 rings (SSSR count). The number of pyridine rings is 2. The van der Waals surface area contributed by atoms with Crippen LogP contribution in [0.1, 0.15) is 28.3 Å². The molecular formula is C24H19N3O4. The van der Waals surface area contributed by atoms with Crippen LogP contribution in [0.3, 0.4) is 0 Å². The minimum Gasteiger partial charge on any atom is -0.507 e. The Morgan fingerprint density at radius 1 is 1.03 bits per heavy atom. The predicted molar refractivity (Wildman–Crippen MR) is 112 cm³/mol. The largest absolute Gasteiger partial charge is 0.507 e. The van der Waals surface area contributed by atoms with Gasteiger partial charge in [0.2, 0.25) is 0 Å². The van der Waals surface area contributed by atoms with Crippen LogP contribution in [0, 0.1) is 0 Å². The van der Waals surface area contributed by atoms with Crippen LogP contribution in [0.2, 0.25) is 0 Å². The van der Waals surface area contributed by atoms with E-state index in [1.165, 1.54) is 4.90 Å². The van der Waals surface area contributed by atoms with Gasteiger partial charge in [0.05, 0.1) is 18.2 Å². The lowest BCUT2D eigenvalue weighted by Gasteiger charge is -2.25. The summed E-state index contributed by atoms with van der Waals surface area (Å²) in [6.45, 7) is 0.807. The normalized spacial score (nSPS) is 19.4. The molecule has 2 aromatic heterocycles. The third kappa shape index (κ3) is 3.34. The van der Waals surface area contributed by atoms with Crippen molar-refractivity contribution in [2.45, 2.75) is 19.0 Å². The number of benzene rings is 1. The van der Waals surface area contributed by atoms with E-state index < -0.39 is 17.7 Å². The summed E-state index contributed by atoms with van der Waals surface area (Å²) in [6.07, 6.45) is 7.23. The summed E-state index contributed by atoms with van der Waals surface area (Å²) in [5.41, 5.74) is 3.07. The van der Waals surface area contributed by atoms with Crippen molar-refractivity contribution in [1.29, 1.82) is 0 Å². The third-order valence-electron chi connectivity index (χ3n) is 5.63. The Morgan fingerprint density at radius 3 is 2.48 bits per heavy atom. The van der Waals surface area contributed by atoms with Crippen molar-refractivity contribution in [1.82, 2.24) is 14.9 Å². The molecule has 1 amide bonds. The van der Waals surface area contributed by atoms with E-state index in [-0.39, 0.29) is 17.9 Å². The van der Waals surface area contributed by atoms with Gasteiger partial charge in [0.15, 0.2) is 0 Å². The number of ketones is 1. The van der Waals surface area contributed by atoms with Gasteiger partial charge in [-0.1, -0.05) is 0 Å². The average Bonchev–Trinajstić information content (AvgIpc) is 3.38. The lowest BCUT2D eigenvalue weighted by molar-refractivity contribution is -0.140. The van der Waals surface area contributed by atoms with Crippen molar-refractivity contribution in [3.8, 4) is 5.75 Å². The first-order chi connectivity index (χ1) is 15.1. The molecule has 1 saturated heterocycles. The summed E-state index contributed by atoms with van der Waals surface area (Å²) < 4.78 is 5.53. The second kappa shape index (κ2) is 7.68. The molecule has 1 atom stereocenters. The predicted octanol–water partition coefficient (Wildman–Crippen LogP) is 3.03. The van der Waals surface area contributed by atoms with Crippen LogP contribution in [-0.4, -0.2) is 38.3 Å². The Balaban J connectivity index is 1.63. The Hall–Kier alpha value is -4.00. The van der Waals surface area contributed by atoms with Gasteiger partial charge >= 0.3 is 0 Å². The van der Waals surface area contributed by atoms with Crippen LogP contribution in [0.5, 0.6) is 5.75 Å². The molecule has 3 aromatic rings. The Bertz CT molecular complexity index is 1190. The van der Waals surface area contributed by atoms with Crippen molar-refractivity contribution in [3.05, 3.63) is 95.1 Å². The molecule has 0 spiro atoms. The van der Waals surface area contributed by atoms with Crippen molar-refractivity contribution < 1.29 is 19.4 Å². The molecule has 0 bridgehead atoms. The number of hydrogen-bond donors (Lipinski definition) is 1. The van der Waals surface area contributed by atoms with E-state index >= 15 is 0 Å². The van der Waals surface area contributed by atoms with Crippen LogP contribution in [-0.2, 0) is 22.6 Å². The number of nitrogens with zero attached hydrogens (tertiary/aromatic N) is 3. The molecule has 1 aromatic carbocycles. The molecule has 1 N–H and O–H groups in total. The highest BCUT2D eigenvalue weighted by atomic mass is 16.5. The summed E-state index contributed by atoms with van der Waals surface area (Å²) in [6, 6.07) is 11.7. The van der Waals surface area contributed by atoms with E-state index in [2.05, 4.69) is 9.97 Å². The molecule has 0 saturated carbocycles. The highest BCUT2D eigenvalue weighted by molar-refractivity contribution is 6.46. The molecule has 2 aliphatic rings. The first-order valence-corrected chi connectivity index (χ1v) is 9.97. The Kier molecular flexibility index (Phi) is 4.71. The van der Waals surface area contributed by atoms with E-state index in [0.29, 0.717) is 17.7 Å². The van der Waals surface area contributed by atoms with Gasteiger partial charge in [0, 0.05) is 43.3 Å². The van der Waals surface area contributed by atoms with Gasteiger partial charge in [-0.25, -0.2) is 0 Å². The topological polar surface area (TPSA) is 92.6 Å². The number of carbonyl (C=O) groups excluding carboxylic acids is 2. The Morgan fingerprint density at radius 2 is 1.74 bits per heavy atom. The zero-order valence-electron chi connectivity index (χ0n) is 16.6. The van der Waals surface area contributed by atoms with Crippen molar-refractivity contribution in [2.24, 2.45) is 0 Å². The molecule has 1 unspecified atom stereocenters. The van der Waals surface area contributed by atoms with Gasteiger partial charge in [0.1, 0.15) is 11.5 Å². The van der Waals surface area contributed by atoms with Gasteiger partial charge in [-0.3, -0.25) is 19.6 Å². The van der Waals surface area contributed by atoms with E-state index in [1.807, 2.05) is 6.07 Å². The maximum Gasteiger partial charge on any atom is 0.295 e. The molecule has 7 nitrogen and oxygen atoms in total. The van der Waals surface area contributed by atoms with Crippen molar-refractivity contribution >= 4 is 17.4 Å². The lowest BCUT2D eigenvalue weighted by atomic mass is 9.95. The molecular weight excluding hydrogens is 394 g/mol. The summed E-state index contributed by atoms with van der Waals surface area (Å²) in [7, 11) is 0. The number of hydrogen-bond acceptors (Lipinski definition) is 6. The minimum atomic E-state index is -0.722. The fourth-order valence-electron chi connectivity index (χ4n) is 4.11. The van der Waals surface area contributed by atoms with E-state index in [1.54, 1.807) is 61.2 Å². The zero-order valence-corrected chi connectivity index (χ0v) is 16.6. The monoisotopic (exact) mass is 413 g/mol. The van der Waals surface area contributed by atoms with Crippen LogP contribution in [0.4, 0.5) is 0 Å². The summed E-state index contributed by atoms with van der Waals surface area (Å²) in [5.74, 6) is -0.762. The van der Waals surface area contributed by atoms with Crippen LogP contribution >= 0.6 is 0 Å². The molecule has 2 aliphatic heterocycles. The summed E-state index contributed by atoms with van der Waals surface area (Å²) in [5, 5.41) is 11.2. The Labute approximate surface area is 178 Å². The number of fused-ring (bicyclic) bond motifs is 1.